The van der Waals surface area contributed by atoms with Crippen molar-refractivity contribution < 1.29 is 28.5 Å². The van der Waals surface area contributed by atoms with E-state index >= 15 is 0 Å². The molecule has 9 heteroatoms. The van der Waals surface area contributed by atoms with Gasteiger partial charge < -0.3 is 24.3 Å². The average molecular weight is 546 g/mol. The van der Waals surface area contributed by atoms with E-state index in [1.54, 1.807) is 24.3 Å². The van der Waals surface area contributed by atoms with Crippen LogP contribution in [0.15, 0.2) is 72.4 Å². The maximum absolute atomic E-state index is 12.4. The maximum Gasteiger partial charge on any atom is 0.259 e. The van der Waals surface area contributed by atoms with Crippen LogP contribution in [0.25, 0.3) is 0 Å². The highest BCUT2D eigenvalue weighted by molar-refractivity contribution is 5.97. The van der Waals surface area contributed by atoms with Gasteiger partial charge in [0.1, 0.15) is 6.61 Å². The lowest BCUT2D eigenvalue weighted by molar-refractivity contribution is -0.120. The van der Waals surface area contributed by atoms with Gasteiger partial charge in [-0.05, 0) is 61.7 Å². The summed E-state index contributed by atoms with van der Waals surface area (Å²) < 4.78 is 22.4. The largest absolute Gasteiger partial charge is 0.493 e. The van der Waals surface area contributed by atoms with E-state index in [4.69, 9.17) is 18.9 Å². The first kappa shape index (κ1) is 29.8. The number of carbonyl (C=O) groups excluding carboxylic acids is 2. The topological polar surface area (TPSA) is 107 Å². The molecule has 3 aromatic carbocycles. The second-order valence-electron chi connectivity index (χ2n) is 8.75. The third kappa shape index (κ3) is 8.36. The summed E-state index contributed by atoms with van der Waals surface area (Å²) in [5.74, 6) is 1.21. The first-order chi connectivity index (χ1) is 19.4. The zero-order valence-electron chi connectivity index (χ0n) is 23.3. The third-order valence-electron chi connectivity index (χ3n) is 5.78. The van der Waals surface area contributed by atoms with E-state index < -0.39 is 11.8 Å². The molecule has 0 aliphatic carbocycles. The average Bonchev–Trinajstić information content (AvgIpc) is 2.96. The first-order valence-electron chi connectivity index (χ1n) is 12.8. The Hall–Kier alpha value is -4.79. The Morgan fingerprint density at radius 3 is 2.38 bits per heavy atom. The Morgan fingerprint density at radius 2 is 1.70 bits per heavy atom. The number of hydrogen-bond acceptors (Lipinski definition) is 7. The minimum Gasteiger partial charge on any atom is -0.493 e. The molecule has 0 fully saturated rings. The number of aryl methyl sites for hydroxylation is 1. The number of hydrazone groups is 1. The predicted octanol–water partition coefficient (Wildman–Crippen LogP) is 4.60. The van der Waals surface area contributed by atoms with Crippen molar-refractivity contribution in [2.75, 3.05) is 27.4 Å². The van der Waals surface area contributed by atoms with Crippen LogP contribution in [0.3, 0.4) is 0 Å². The standard InChI is InChI=1S/C31H35N3O6/c1-6-8-24-15-23(16-28(39-7-2)30(24)40-20-22-11-9-21(3)10-12-22)18-33-34-29(35)19-32-31(36)25-13-14-26(37-4)27(17-25)38-5/h6,9-18H,1,7-8,19-20H2,2-5H3,(H,32,36)(H,34,35)/b33-18+. The maximum atomic E-state index is 12.4. The number of hydrogen-bond donors (Lipinski definition) is 2. The monoisotopic (exact) mass is 545 g/mol. The molecule has 210 valence electrons. The van der Waals surface area contributed by atoms with Crippen LogP contribution in [0.5, 0.6) is 23.0 Å². The van der Waals surface area contributed by atoms with E-state index in [1.807, 2.05) is 44.2 Å². The van der Waals surface area contributed by atoms with E-state index in [-0.39, 0.29) is 6.54 Å². The minimum absolute atomic E-state index is 0.262. The van der Waals surface area contributed by atoms with Crippen molar-refractivity contribution in [1.29, 1.82) is 0 Å². The van der Waals surface area contributed by atoms with Crippen LogP contribution in [0, 0.1) is 6.92 Å². The summed E-state index contributed by atoms with van der Waals surface area (Å²) in [6.07, 6.45) is 3.85. The summed E-state index contributed by atoms with van der Waals surface area (Å²) in [6, 6.07) is 16.6. The highest BCUT2D eigenvalue weighted by Gasteiger charge is 2.14. The molecule has 0 saturated heterocycles. The van der Waals surface area contributed by atoms with Gasteiger partial charge in [-0.1, -0.05) is 35.9 Å². The van der Waals surface area contributed by atoms with Gasteiger partial charge in [0.25, 0.3) is 11.8 Å². The molecule has 0 bridgehead atoms. The molecular weight excluding hydrogens is 510 g/mol. The Balaban J connectivity index is 1.64. The Labute approximate surface area is 234 Å². The number of nitrogens with one attached hydrogen (secondary N) is 2. The normalized spacial score (nSPS) is 10.6. The molecule has 0 atom stereocenters. The van der Waals surface area contributed by atoms with Gasteiger partial charge in [-0.3, -0.25) is 9.59 Å². The Bertz CT molecular complexity index is 1350. The van der Waals surface area contributed by atoms with E-state index in [0.717, 1.165) is 11.1 Å². The van der Waals surface area contributed by atoms with Gasteiger partial charge in [0, 0.05) is 11.1 Å². The summed E-state index contributed by atoms with van der Waals surface area (Å²) in [7, 11) is 2.99. The lowest BCUT2D eigenvalue weighted by Crippen LogP contribution is -2.34. The van der Waals surface area contributed by atoms with Crippen molar-refractivity contribution in [3.63, 3.8) is 0 Å². The number of allylic oxidation sites excluding steroid dienone is 1. The van der Waals surface area contributed by atoms with Crippen LogP contribution >= 0.6 is 0 Å². The molecule has 3 aromatic rings. The van der Waals surface area contributed by atoms with Crippen LogP contribution in [-0.4, -0.2) is 45.4 Å². The zero-order chi connectivity index (χ0) is 28.9. The highest BCUT2D eigenvalue weighted by Crippen LogP contribution is 2.34. The van der Waals surface area contributed by atoms with Gasteiger partial charge in [0.2, 0.25) is 0 Å². The van der Waals surface area contributed by atoms with Gasteiger partial charge >= 0.3 is 0 Å². The molecule has 0 spiro atoms. The molecule has 0 heterocycles. The van der Waals surface area contributed by atoms with Crippen molar-refractivity contribution in [3.8, 4) is 23.0 Å². The number of carbonyl (C=O) groups is 2. The smallest absolute Gasteiger partial charge is 0.259 e. The quantitative estimate of drug-likeness (QED) is 0.174. The fourth-order valence-electron chi connectivity index (χ4n) is 3.79. The minimum atomic E-state index is -0.487. The van der Waals surface area contributed by atoms with Crippen molar-refractivity contribution in [2.45, 2.75) is 26.9 Å². The molecular formula is C31H35N3O6. The summed E-state index contributed by atoms with van der Waals surface area (Å²) in [6.45, 7) is 8.37. The van der Waals surface area contributed by atoms with Crippen LogP contribution in [-0.2, 0) is 17.8 Å². The van der Waals surface area contributed by atoms with Crippen molar-refractivity contribution >= 4 is 18.0 Å². The molecule has 2 amide bonds. The number of amides is 2. The fraction of sp³-hybridized carbons (Fsp3) is 0.258. The van der Waals surface area contributed by atoms with E-state index in [0.29, 0.717) is 53.8 Å². The Kier molecular flexibility index (Phi) is 11.1. The lowest BCUT2D eigenvalue weighted by Gasteiger charge is -2.17. The van der Waals surface area contributed by atoms with Crippen LogP contribution in [0.4, 0.5) is 0 Å². The fourth-order valence-corrected chi connectivity index (χ4v) is 3.79. The SMILES string of the molecule is C=CCc1cc(/C=N/NC(=O)CNC(=O)c2ccc(OC)c(OC)c2)cc(OCC)c1OCc1ccc(C)cc1. The lowest BCUT2D eigenvalue weighted by atomic mass is 10.1. The summed E-state index contributed by atoms with van der Waals surface area (Å²) >= 11 is 0. The summed E-state index contributed by atoms with van der Waals surface area (Å²) in [5.41, 5.74) is 6.57. The first-order valence-corrected chi connectivity index (χ1v) is 12.8. The molecule has 40 heavy (non-hydrogen) atoms. The number of methoxy groups -OCH3 is 2. The van der Waals surface area contributed by atoms with E-state index in [9.17, 15) is 9.59 Å². The molecule has 9 nitrogen and oxygen atoms in total. The van der Waals surface area contributed by atoms with Gasteiger partial charge in [-0.2, -0.15) is 5.10 Å². The number of nitrogens with zero attached hydrogens (tertiary/aromatic N) is 1. The molecule has 0 aliphatic rings. The van der Waals surface area contributed by atoms with Crippen LogP contribution in [0.1, 0.15) is 39.5 Å². The number of ether oxygens (including phenoxy) is 4. The second-order valence-corrected chi connectivity index (χ2v) is 8.75. The summed E-state index contributed by atoms with van der Waals surface area (Å²) in [5, 5.41) is 6.60. The summed E-state index contributed by atoms with van der Waals surface area (Å²) in [4.78, 5) is 24.7. The van der Waals surface area contributed by atoms with Gasteiger partial charge in [0.05, 0.1) is 33.6 Å². The molecule has 0 aromatic heterocycles. The van der Waals surface area contributed by atoms with Crippen LogP contribution < -0.4 is 29.7 Å². The highest BCUT2D eigenvalue weighted by atomic mass is 16.5. The van der Waals surface area contributed by atoms with Crippen molar-refractivity contribution in [1.82, 2.24) is 10.7 Å². The predicted molar refractivity (Wildman–Crippen MR) is 155 cm³/mol. The molecule has 0 aliphatic heterocycles. The van der Waals surface area contributed by atoms with Crippen LogP contribution in [0.2, 0.25) is 0 Å². The van der Waals surface area contributed by atoms with E-state index in [2.05, 4.69) is 22.4 Å². The van der Waals surface area contributed by atoms with Gasteiger partial charge in [0.15, 0.2) is 23.0 Å². The molecule has 0 unspecified atom stereocenters. The molecule has 3 rings (SSSR count). The molecule has 2 N–H and O–H groups in total. The zero-order valence-corrected chi connectivity index (χ0v) is 23.3. The third-order valence-corrected chi connectivity index (χ3v) is 5.78. The molecule has 0 radical (unpaired) electrons. The second kappa shape index (κ2) is 15.0. The molecule has 0 saturated carbocycles. The number of rotatable bonds is 14. The van der Waals surface area contributed by atoms with Gasteiger partial charge in [-0.25, -0.2) is 5.43 Å². The Morgan fingerprint density at radius 1 is 0.950 bits per heavy atom. The van der Waals surface area contributed by atoms with Crippen molar-refractivity contribution in [2.24, 2.45) is 5.10 Å². The van der Waals surface area contributed by atoms with E-state index in [1.165, 1.54) is 32.1 Å². The van der Waals surface area contributed by atoms with Gasteiger partial charge in [-0.15, -0.1) is 6.58 Å². The van der Waals surface area contributed by atoms with Crippen molar-refractivity contribution in [3.05, 3.63) is 95.1 Å². The number of benzene rings is 3.